The zero-order chi connectivity index (χ0) is 18.8. The standard InChI is InChI=1S/C21H29N3O2S/c1-14-18(15(2)26-23-14)11-24-10-9-17-19(13-27-20(17)12-24)21(25)22-16-7-5-3-4-6-8-16/h13,16H,3-12H2,1-2H3,(H,22,25). The Kier molecular flexibility index (Phi) is 5.64. The highest BCUT2D eigenvalue weighted by atomic mass is 32.1. The minimum Gasteiger partial charge on any atom is -0.361 e. The zero-order valence-electron chi connectivity index (χ0n) is 16.3. The van der Waals surface area contributed by atoms with E-state index in [9.17, 15) is 4.79 Å². The molecule has 5 nitrogen and oxygen atoms in total. The molecule has 0 unspecified atom stereocenters. The van der Waals surface area contributed by atoms with E-state index in [1.165, 1.54) is 41.7 Å². The van der Waals surface area contributed by atoms with Crippen LogP contribution in [0, 0.1) is 13.8 Å². The number of carbonyl (C=O) groups is 1. The molecule has 2 aromatic heterocycles. The van der Waals surface area contributed by atoms with E-state index in [2.05, 4.69) is 20.8 Å². The van der Waals surface area contributed by atoms with E-state index in [1.807, 2.05) is 13.8 Å². The topological polar surface area (TPSA) is 58.4 Å². The number of amides is 1. The quantitative estimate of drug-likeness (QED) is 0.792. The minimum atomic E-state index is 0.138. The molecule has 1 fully saturated rings. The highest BCUT2D eigenvalue weighted by molar-refractivity contribution is 7.10. The van der Waals surface area contributed by atoms with Gasteiger partial charge in [0.05, 0.1) is 11.3 Å². The molecule has 1 amide bonds. The van der Waals surface area contributed by atoms with Gasteiger partial charge in [-0.3, -0.25) is 9.69 Å². The Bertz CT molecular complexity index is 783. The number of aryl methyl sites for hydroxylation is 2. The fourth-order valence-corrected chi connectivity index (χ4v) is 5.47. The van der Waals surface area contributed by atoms with Crippen LogP contribution < -0.4 is 5.32 Å². The van der Waals surface area contributed by atoms with Crippen molar-refractivity contribution in [2.24, 2.45) is 0 Å². The van der Waals surface area contributed by atoms with Crippen LogP contribution in [0.1, 0.15) is 76.3 Å². The molecular weight excluding hydrogens is 358 g/mol. The summed E-state index contributed by atoms with van der Waals surface area (Å²) in [6.07, 6.45) is 8.29. The molecule has 27 heavy (non-hydrogen) atoms. The molecule has 6 heteroatoms. The first kappa shape index (κ1) is 18.7. The minimum absolute atomic E-state index is 0.138. The van der Waals surface area contributed by atoms with Crippen molar-refractivity contribution in [1.29, 1.82) is 0 Å². The van der Waals surface area contributed by atoms with Crippen LogP contribution in [0.4, 0.5) is 0 Å². The van der Waals surface area contributed by atoms with E-state index in [0.717, 1.165) is 55.9 Å². The van der Waals surface area contributed by atoms with E-state index in [1.54, 1.807) is 11.3 Å². The maximum atomic E-state index is 12.8. The molecule has 0 saturated heterocycles. The Morgan fingerprint density at radius 1 is 1.30 bits per heavy atom. The normalized spacial score (nSPS) is 18.9. The third kappa shape index (κ3) is 4.11. The van der Waals surface area contributed by atoms with Crippen molar-refractivity contribution in [3.8, 4) is 0 Å². The number of fused-ring (bicyclic) bond motifs is 1. The Hall–Kier alpha value is -1.66. The lowest BCUT2D eigenvalue weighted by Gasteiger charge is -2.27. The average molecular weight is 388 g/mol. The van der Waals surface area contributed by atoms with E-state index >= 15 is 0 Å². The average Bonchev–Trinajstić information content (AvgIpc) is 3.10. The number of nitrogens with one attached hydrogen (secondary N) is 1. The van der Waals surface area contributed by atoms with Crippen molar-refractivity contribution in [2.45, 2.75) is 77.9 Å². The van der Waals surface area contributed by atoms with Gasteiger partial charge in [0.25, 0.3) is 5.91 Å². The zero-order valence-corrected chi connectivity index (χ0v) is 17.2. The molecule has 4 rings (SSSR count). The van der Waals surface area contributed by atoms with E-state index in [-0.39, 0.29) is 5.91 Å². The summed E-state index contributed by atoms with van der Waals surface area (Å²) in [6.45, 7) is 6.72. The largest absolute Gasteiger partial charge is 0.361 e. The van der Waals surface area contributed by atoms with Crippen LogP contribution in [0.5, 0.6) is 0 Å². The van der Waals surface area contributed by atoms with Gasteiger partial charge in [-0.15, -0.1) is 11.3 Å². The van der Waals surface area contributed by atoms with Crippen LogP contribution in [0.15, 0.2) is 9.90 Å². The number of rotatable bonds is 4. The molecule has 1 N–H and O–H groups in total. The fraction of sp³-hybridized carbons (Fsp3) is 0.619. The molecule has 3 heterocycles. The van der Waals surface area contributed by atoms with Crippen LogP contribution in [0.3, 0.4) is 0 Å². The molecule has 0 spiro atoms. The van der Waals surface area contributed by atoms with Gasteiger partial charge >= 0.3 is 0 Å². The summed E-state index contributed by atoms with van der Waals surface area (Å²) in [5, 5.41) is 9.44. The lowest BCUT2D eigenvalue weighted by atomic mass is 10.0. The van der Waals surface area contributed by atoms with Gasteiger partial charge in [0.1, 0.15) is 5.76 Å². The Morgan fingerprint density at radius 3 is 2.78 bits per heavy atom. The molecule has 1 saturated carbocycles. The van der Waals surface area contributed by atoms with Gasteiger partial charge < -0.3 is 9.84 Å². The van der Waals surface area contributed by atoms with Gasteiger partial charge in [-0.05, 0) is 38.7 Å². The van der Waals surface area contributed by atoms with Crippen LogP contribution in [-0.2, 0) is 19.5 Å². The Labute approximate surface area is 165 Å². The maximum absolute atomic E-state index is 12.8. The molecular formula is C21H29N3O2S. The smallest absolute Gasteiger partial charge is 0.252 e. The third-order valence-corrected chi connectivity index (χ3v) is 7.04. The summed E-state index contributed by atoms with van der Waals surface area (Å²) in [4.78, 5) is 16.6. The summed E-state index contributed by atoms with van der Waals surface area (Å²) in [7, 11) is 0. The van der Waals surface area contributed by atoms with Crippen LogP contribution in [-0.4, -0.2) is 28.6 Å². The second kappa shape index (κ2) is 8.15. The highest BCUT2D eigenvalue weighted by Crippen LogP contribution is 2.30. The molecule has 1 aliphatic heterocycles. The van der Waals surface area contributed by atoms with Crippen LogP contribution in [0.25, 0.3) is 0 Å². The highest BCUT2D eigenvalue weighted by Gasteiger charge is 2.26. The number of hydrogen-bond acceptors (Lipinski definition) is 5. The van der Waals surface area contributed by atoms with Gasteiger partial charge in [0.2, 0.25) is 0 Å². The molecule has 1 aliphatic carbocycles. The van der Waals surface area contributed by atoms with Gasteiger partial charge in [-0.25, -0.2) is 0 Å². The predicted octanol–water partition coefficient (Wildman–Crippen LogP) is 4.36. The third-order valence-electron chi connectivity index (χ3n) is 6.02. The van der Waals surface area contributed by atoms with Crippen molar-refractivity contribution >= 4 is 17.2 Å². The summed E-state index contributed by atoms with van der Waals surface area (Å²) in [5.41, 5.74) is 4.35. The molecule has 2 aliphatic rings. The molecule has 0 bridgehead atoms. The first-order valence-electron chi connectivity index (χ1n) is 10.2. The second-order valence-corrected chi connectivity index (χ2v) is 8.94. The van der Waals surface area contributed by atoms with Crippen molar-refractivity contribution in [2.75, 3.05) is 6.54 Å². The Balaban J connectivity index is 1.41. The summed E-state index contributed by atoms with van der Waals surface area (Å²) < 4.78 is 5.30. The number of nitrogens with zero attached hydrogens (tertiary/aromatic N) is 2. The fourth-order valence-electron chi connectivity index (χ4n) is 4.34. The predicted molar refractivity (Wildman–Crippen MR) is 107 cm³/mol. The monoisotopic (exact) mass is 387 g/mol. The van der Waals surface area contributed by atoms with Gasteiger partial charge in [0, 0.05) is 41.5 Å². The first-order valence-corrected chi connectivity index (χ1v) is 11.0. The number of thiophene rings is 1. The maximum Gasteiger partial charge on any atom is 0.252 e. The van der Waals surface area contributed by atoms with Crippen molar-refractivity contribution in [3.63, 3.8) is 0 Å². The molecule has 2 aromatic rings. The van der Waals surface area contributed by atoms with Gasteiger partial charge in [-0.1, -0.05) is 30.8 Å². The first-order chi connectivity index (χ1) is 13.1. The van der Waals surface area contributed by atoms with Gasteiger partial charge in [0.15, 0.2) is 0 Å². The Morgan fingerprint density at radius 2 is 2.07 bits per heavy atom. The molecule has 146 valence electrons. The van der Waals surface area contributed by atoms with Crippen LogP contribution >= 0.6 is 11.3 Å². The second-order valence-electron chi connectivity index (χ2n) is 7.98. The van der Waals surface area contributed by atoms with Crippen LogP contribution in [0.2, 0.25) is 0 Å². The van der Waals surface area contributed by atoms with E-state index in [0.29, 0.717) is 6.04 Å². The van der Waals surface area contributed by atoms with Gasteiger partial charge in [-0.2, -0.15) is 0 Å². The van der Waals surface area contributed by atoms with Crippen molar-refractivity contribution < 1.29 is 9.32 Å². The number of hydrogen-bond donors (Lipinski definition) is 1. The van der Waals surface area contributed by atoms with E-state index in [4.69, 9.17) is 4.52 Å². The summed E-state index contributed by atoms with van der Waals surface area (Å²) in [6, 6.07) is 0.357. The molecule has 0 atom stereocenters. The SMILES string of the molecule is Cc1noc(C)c1CN1CCc2c(C(=O)NC3CCCCCC3)csc2C1. The lowest BCUT2D eigenvalue weighted by Crippen LogP contribution is -2.35. The lowest BCUT2D eigenvalue weighted by molar-refractivity contribution is 0.0932. The molecule has 0 aromatic carbocycles. The summed E-state index contributed by atoms with van der Waals surface area (Å²) >= 11 is 1.73. The number of aromatic nitrogens is 1. The molecule has 0 radical (unpaired) electrons. The van der Waals surface area contributed by atoms with Crippen molar-refractivity contribution in [1.82, 2.24) is 15.4 Å². The van der Waals surface area contributed by atoms with E-state index < -0.39 is 0 Å². The number of carbonyl (C=O) groups excluding carboxylic acids is 1. The summed E-state index contributed by atoms with van der Waals surface area (Å²) in [5.74, 6) is 1.05. The van der Waals surface area contributed by atoms with Crippen molar-refractivity contribution in [3.05, 3.63) is 38.4 Å².